The van der Waals surface area contributed by atoms with Gasteiger partial charge in [-0.25, -0.2) is 4.79 Å². The summed E-state index contributed by atoms with van der Waals surface area (Å²) in [6.45, 7) is 4.35. The lowest BCUT2D eigenvalue weighted by molar-refractivity contribution is -0.153. The zero-order chi connectivity index (χ0) is 25.5. The number of rotatable bonds is 14. The van der Waals surface area contributed by atoms with Crippen LogP contribution in [0.4, 0.5) is 0 Å². The first-order valence-electron chi connectivity index (χ1n) is 14.7. The van der Waals surface area contributed by atoms with Gasteiger partial charge < -0.3 is 19.7 Å². The van der Waals surface area contributed by atoms with Gasteiger partial charge in [0.05, 0.1) is 12.2 Å². The van der Waals surface area contributed by atoms with Gasteiger partial charge in [0.25, 0.3) is 0 Å². The average molecular weight is 501 g/mol. The molecule has 36 heavy (non-hydrogen) atoms. The van der Waals surface area contributed by atoms with Crippen molar-refractivity contribution in [3.8, 4) is 5.75 Å². The summed E-state index contributed by atoms with van der Waals surface area (Å²) in [6, 6.07) is 8.05. The Labute approximate surface area is 218 Å². The zero-order valence-electron chi connectivity index (χ0n) is 22.4. The molecule has 1 aromatic carbocycles. The molecule has 3 aliphatic rings. The van der Waals surface area contributed by atoms with E-state index in [1.54, 1.807) is 0 Å². The smallest absolute Gasteiger partial charge is 0.344 e. The second kappa shape index (κ2) is 13.3. The van der Waals surface area contributed by atoms with Crippen molar-refractivity contribution >= 4 is 5.97 Å². The fourth-order valence-corrected chi connectivity index (χ4v) is 7.36. The van der Waals surface area contributed by atoms with E-state index in [9.17, 15) is 15.0 Å². The molecular weight excluding hydrogens is 452 g/mol. The van der Waals surface area contributed by atoms with Crippen molar-refractivity contribution in [3.05, 3.63) is 29.8 Å². The third-order valence-electron chi connectivity index (χ3n) is 9.37. The van der Waals surface area contributed by atoms with E-state index >= 15 is 0 Å². The SMILES string of the molecule is CCCCC[C@H](O)CC[C@@H]1[C@@H](Cc2cccc(OCC(=O)O[C@@H]3C[C@@H]4CC[C@H]3C4)c2)[C@@H](CC)C[C@H]1O. The first kappa shape index (κ1) is 27.4. The monoisotopic (exact) mass is 500 g/mol. The van der Waals surface area contributed by atoms with E-state index in [0.29, 0.717) is 23.5 Å². The minimum Gasteiger partial charge on any atom is -0.482 e. The molecule has 3 fully saturated rings. The maximum atomic E-state index is 12.4. The molecule has 2 N–H and O–H groups in total. The van der Waals surface area contributed by atoms with Gasteiger partial charge in [-0.1, -0.05) is 51.7 Å². The summed E-state index contributed by atoms with van der Waals surface area (Å²) < 4.78 is 11.6. The van der Waals surface area contributed by atoms with E-state index in [4.69, 9.17) is 9.47 Å². The fraction of sp³-hybridized carbons (Fsp3) is 0.774. The number of fused-ring (bicyclic) bond motifs is 2. The minimum absolute atomic E-state index is 0.0460. The summed E-state index contributed by atoms with van der Waals surface area (Å²) in [7, 11) is 0. The molecule has 5 heteroatoms. The van der Waals surface area contributed by atoms with Gasteiger partial charge >= 0.3 is 5.97 Å². The normalized spacial score (nSPS) is 32.1. The molecule has 0 spiro atoms. The van der Waals surface area contributed by atoms with Crippen molar-refractivity contribution in [1.29, 1.82) is 0 Å². The first-order chi connectivity index (χ1) is 17.5. The number of aliphatic hydroxyl groups is 2. The van der Waals surface area contributed by atoms with Gasteiger partial charge in [0.2, 0.25) is 0 Å². The highest BCUT2D eigenvalue weighted by Gasteiger charge is 2.42. The molecule has 3 aliphatic carbocycles. The summed E-state index contributed by atoms with van der Waals surface area (Å²) in [6.07, 6.45) is 13.0. The predicted octanol–water partition coefficient (Wildman–Crippen LogP) is 6.08. The Morgan fingerprint density at radius 1 is 1.08 bits per heavy atom. The van der Waals surface area contributed by atoms with Gasteiger partial charge in [-0.05, 0) is 105 Å². The van der Waals surface area contributed by atoms with Crippen LogP contribution in [-0.4, -0.2) is 41.1 Å². The Morgan fingerprint density at radius 2 is 1.94 bits per heavy atom. The summed E-state index contributed by atoms with van der Waals surface area (Å²) in [4.78, 5) is 12.4. The van der Waals surface area contributed by atoms with Gasteiger partial charge in [-0.3, -0.25) is 0 Å². The van der Waals surface area contributed by atoms with E-state index in [1.807, 2.05) is 18.2 Å². The molecule has 2 bridgehead atoms. The number of carbonyl (C=O) groups excluding carboxylic acids is 1. The van der Waals surface area contributed by atoms with Crippen LogP contribution < -0.4 is 4.74 Å². The molecule has 0 amide bonds. The van der Waals surface area contributed by atoms with E-state index in [-0.39, 0.29) is 36.8 Å². The van der Waals surface area contributed by atoms with Crippen molar-refractivity contribution in [1.82, 2.24) is 0 Å². The molecule has 1 aromatic rings. The number of hydrogen-bond acceptors (Lipinski definition) is 5. The molecule has 202 valence electrons. The topological polar surface area (TPSA) is 76.0 Å². The van der Waals surface area contributed by atoms with Gasteiger partial charge in [0.15, 0.2) is 6.61 Å². The van der Waals surface area contributed by atoms with Gasteiger partial charge in [0, 0.05) is 0 Å². The molecule has 0 heterocycles. The number of ether oxygens (including phenoxy) is 2. The highest BCUT2D eigenvalue weighted by Crippen LogP contribution is 2.46. The largest absolute Gasteiger partial charge is 0.482 e. The maximum absolute atomic E-state index is 12.4. The van der Waals surface area contributed by atoms with Crippen LogP contribution in [0.5, 0.6) is 5.75 Å². The molecule has 8 atom stereocenters. The highest BCUT2D eigenvalue weighted by molar-refractivity contribution is 5.71. The standard InChI is InChI=1S/C31H48O5/c1-3-5-6-9-25(32)13-14-27-28(23(4-2)19-29(27)33)17-21-8-7-10-26(16-21)35-20-31(34)36-30-18-22-11-12-24(30)15-22/h7-8,10,16,22-25,27-30,32-33H,3-6,9,11-15,17-20H2,1-2H3/t22-,23+,24+,25+,27-,28+,29-,30-/m1/s1. The van der Waals surface area contributed by atoms with Crippen LogP contribution in [0.1, 0.15) is 96.5 Å². The van der Waals surface area contributed by atoms with Crippen molar-refractivity contribution < 1.29 is 24.5 Å². The summed E-state index contributed by atoms with van der Waals surface area (Å²) in [5.41, 5.74) is 1.18. The molecular formula is C31H48O5. The lowest BCUT2D eigenvalue weighted by atomic mass is 9.80. The second-order valence-corrected chi connectivity index (χ2v) is 11.9. The molecule has 3 saturated carbocycles. The van der Waals surface area contributed by atoms with Crippen LogP contribution in [0.25, 0.3) is 0 Å². The lowest BCUT2D eigenvalue weighted by Crippen LogP contribution is -2.27. The molecule has 0 unspecified atom stereocenters. The van der Waals surface area contributed by atoms with Crippen molar-refractivity contribution in [2.45, 2.75) is 116 Å². The predicted molar refractivity (Wildman–Crippen MR) is 142 cm³/mol. The summed E-state index contributed by atoms with van der Waals surface area (Å²) in [5.74, 6) is 2.85. The van der Waals surface area contributed by atoms with E-state index < -0.39 is 0 Å². The summed E-state index contributed by atoms with van der Waals surface area (Å²) >= 11 is 0. The third kappa shape index (κ3) is 7.25. The number of benzene rings is 1. The van der Waals surface area contributed by atoms with Crippen molar-refractivity contribution in [2.75, 3.05) is 6.61 Å². The number of carbonyl (C=O) groups is 1. The van der Waals surface area contributed by atoms with Crippen LogP contribution in [0.3, 0.4) is 0 Å². The van der Waals surface area contributed by atoms with E-state index in [0.717, 1.165) is 57.3 Å². The van der Waals surface area contributed by atoms with Crippen LogP contribution >= 0.6 is 0 Å². The molecule has 0 saturated heterocycles. The number of hydrogen-bond donors (Lipinski definition) is 2. The molecule has 0 aliphatic heterocycles. The van der Waals surface area contributed by atoms with Crippen LogP contribution in [-0.2, 0) is 16.0 Å². The van der Waals surface area contributed by atoms with Crippen molar-refractivity contribution in [3.63, 3.8) is 0 Å². The Kier molecular flexibility index (Phi) is 10.1. The van der Waals surface area contributed by atoms with Gasteiger partial charge in [0.1, 0.15) is 11.9 Å². The Bertz CT molecular complexity index is 825. The average Bonchev–Trinajstić information content (AvgIpc) is 3.57. The fourth-order valence-electron chi connectivity index (χ4n) is 7.36. The Hall–Kier alpha value is -1.59. The van der Waals surface area contributed by atoms with E-state index in [1.165, 1.54) is 37.7 Å². The van der Waals surface area contributed by atoms with Gasteiger partial charge in [-0.2, -0.15) is 0 Å². The zero-order valence-corrected chi connectivity index (χ0v) is 22.4. The minimum atomic E-state index is -0.289. The maximum Gasteiger partial charge on any atom is 0.344 e. The van der Waals surface area contributed by atoms with Crippen LogP contribution in [0.2, 0.25) is 0 Å². The quantitative estimate of drug-likeness (QED) is 0.239. The molecule has 0 aromatic heterocycles. The van der Waals surface area contributed by atoms with Gasteiger partial charge in [-0.15, -0.1) is 0 Å². The van der Waals surface area contributed by atoms with E-state index in [2.05, 4.69) is 19.9 Å². The number of aliphatic hydroxyl groups excluding tert-OH is 2. The first-order valence-corrected chi connectivity index (χ1v) is 14.7. The second-order valence-electron chi connectivity index (χ2n) is 11.9. The number of esters is 1. The summed E-state index contributed by atoms with van der Waals surface area (Å²) in [5, 5.41) is 21.3. The Morgan fingerprint density at radius 3 is 2.67 bits per heavy atom. The molecule has 4 rings (SSSR count). The molecule has 0 radical (unpaired) electrons. The molecule has 5 nitrogen and oxygen atoms in total. The van der Waals surface area contributed by atoms with Crippen LogP contribution in [0.15, 0.2) is 24.3 Å². The van der Waals surface area contributed by atoms with Crippen LogP contribution in [0, 0.1) is 29.6 Å². The van der Waals surface area contributed by atoms with Crippen molar-refractivity contribution in [2.24, 2.45) is 29.6 Å². The number of unbranched alkanes of at least 4 members (excludes halogenated alkanes) is 2. The highest BCUT2D eigenvalue weighted by atomic mass is 16.6. The Balaban J connectivity index is 1.28. The lowest BCUT2D eigenvalue weighted by Gasteiger charge is -2.26. The third-order valence-corrected chi connectivity index (χ3v) is 9.37.